The van der Waals surface area contributed by atoms with Gasteiger partial charge >= 0.3 is 0 Å². The van der Waals surface area contributed by atoms with Gasteiger partial charge in [0.15, 0.2) is 0 Å². The Bertz CT molecular complexity index is 1100. The molecule has 5 nitrogen and oxygen atoms in total. The summed E-state index contributed by atoms with van der Waals surface area (Å²) in [6, 6.07) is 14.0. The Kier molecular flexibility index (Phi) is 6.05. The van der Waals surface area contributed by atoms with Crippen LogP contribution in [0.15, 0.2) is 47.4 Å². The molecule has 7 heteroatoms. The van der Waals surface area contributed by atoms with Crippen molar-refractivity contribution in [2.24, 2.45) is 5.92 Å². The van der Waals surface area contributed by atoms with Crippen molar-refractivity contribution < 1.29 is 13.5 Å². The van der Waals surface area contributed by atoms with Crippen molar-refractivity contribution in [3.8, 4) is 5.75 Å². The van der Waals surface area contributed by atoms with Gasteiger partial charge in [-0.25, -0.2) is 8.42 Å². The summed E-state index contributed by atoms with van der Waals surface area (Å²) in [5.41, 5.74) is 3.81. The van der Waals surface area contributed by atoms with Crippen LogP contribution in [0.3, 0.4) is 0 Å². The van der Waals surface area contributed by atoms with Crippen LogP contribution in [0.1, 0.15) is 42.9 Å². The fourth-order valence-corrected chi connectivity index (χ4v) is 7.13. The highest BCUT2D eigenvalue weighted by molar-refractivity contribution is 14.2. The van der Waals surface area contributed by atoms with Gasteiger partial charge in [-0.15, -0.1) is 0 Å². The van der Waals surface area contributed by atoms with E-state index >= 15 is 0 Å². The maximum atomic E-state index is 11.7. The fraction of sp³-hybridized carbons (Fsp3) is 0.520. The molecule has 2 aliphatic carbocycles. The molecule has 2 aromatic rings. The van der Waals surface area contributed by atoms with Crippen LogP contribution in [0.5, 0.6) is 5.75 Å². The molecule has 3 aliphatic rings. The summed E-state index contributed by atoms with van der Waals surface area (Å²) >= 11 is 1.48. The second-order valence-corrected chi connectivity index (χ2v) is 14.8. The molecule has 0 radical (unpaired) electrons. The minimum absolute atomic E-state index is 0.00378. The Morgan fingerprint density at radius 3 is 2.62 bits per heavy atom. The van der Waals surface area contributed by atoms with Gasteiger partial charge in [-0.1, -0.05) is 25.1 Å². The normalized spacial score (nSPS) is 27.8. The molecule has 1 heterocycles. The van der Waals surface area contributed by atoms with Crippen molar-refractivity contribution in [2.75, 3.05) is 19.6 Å². The lowest BCUT2D eigenvalue weighted by atomic mass is 9.61. The minimum Gasteiger partial charge on any atom is -0.508 e. The number of aromatic hydroxyl groups is 1. The van der Waals surface area contributed by atoms with E-state index < -0.39 is 7.01 Å². The first-order chi connectivity index (χ1) is 15.2. The van der Waals surface area contributed by atoms with Crippen molar-refractivity contribution in [3.63, 3.8) is 0 Å². The molecule has 3 atom stereocenters. The van der Waals surface area contributed by atoms with Gasteiger partial charge in [0.2, 0.25) is 7.01 Å². The van der Waals surface area contributed by atoms with E-state index in [0.717, 1.165) is 43.8 Å². The number of nitrogens with one attached hydrogen (secondary N) is 1. The number of hydrogen-bond acceptors (Lipinski definition) is 5. The Labute approximate surface area is 203 Å². The largest absolute Gasteiger partial charge is 0.508 e. The monoisotopic (exact) mass is 566 g/mol. The van der Waals surface area contributed by atoms with Gasteiger partial charge in [0.05, 0.1) is 26.1 Å². The standard InChI is InChI=1S/C25H31IN2O3S/c1-25-11-13-28(16-18-2-3-18)23(14-19-6-7-20(29)15-22(19)25)24(25)27-12-10-17-4-8-21(9-5-17)32(26,30)31/h4-9,15,18,23-24,27,29H,2-3,10-14,16H2,1H3/t23-,24-,25-/m1/s1. The average molecular weight is 567 g/mol. The molecule has 0 unspecified atom stereocenters. The van der Waals surface area contributed by atoms with E-state index in [1.807, 2.05) is 24.3 Å². The number of fused-ring (bicyclic) bond motifs is 4. The summed E-state index contributed by atoms with van der Waals surface area (Å²) in [5, 5.41) is 14.1. The summed E-state index contributed by atoms with van der Waals surface area (Å²) in [6.45, 7) is 5.54. The molecule has 2 N–H and O–H groups in total. The summed E-state index contributed by atoms with van der Waals surface area (Å²) in [6.07, 6.45) is 5.71. The Balaban J connectivity index is 1.35. The van der Waals surface area contributed by atoms with E-state index in [1.54, 1.807) is 12.1 Å². The quantitative estimate of drug-likeness (QED) is 0.392. The lowest BCUT2D eigenvalue weighted by Crippen LogP contribution is -2.67. The Morgan fingerprint density at radius 1 is 1.19 bits per heavy atom. The minimum atomic E-state index is -3.19. The topological polar surface area (TPSA) is 69.6 Å². The second-order valence-electron chi connectivity index (χ2n) is 9.98. The molecule has 0 spiro atoms. The van der Waals surface area contributed by atoms with Crippen LogP contribution in [0, 0.1) is 5.92 Å². The molecule has 172 valence electrons. The molecule has 1 saturated heterocycles. The third kappa shape index (κ3) is 4.45. The molecule has 1 aliphatic heterocycles. The molecule has 2 bridgehead atoms. The predicted molar refractivity (Wildman–Crippen MR) is 135 cm³/mol. The number of rotatable bonds is 7. The number of hydrogen-bond donors (Lipinski definition) is 2. The number of phenolic OH excluding ortho intramolecular Hbond substituents is 1. The van der Waals surface area contributed by atoms with Gasteiger partial charge in [-0.3, -0.25) is 4.90 Å². The van der Waals surface area contributed by atoms with Crippen molar-refractivity contribution in [1.29, 1.82) is 0 Å². The van der Waals surface area contributed by atoms with Crippen molar-refractivity contribution in [2.45, 2.75) is 61.4 Å². The molecular formula is C25H31IN2O3S. The number of nitrogens with zero attached hydrogens (tertiary/aromatic N) is 1. The van der Waals surface area contributed by atoms with Crippen LogP contribution in [0.4, 0.5) is 0 Å². The molecule has 1 saturated carbocycles. The van der Waals surface area contributed by atoms with E-state index in [2.05, 4.69) is 23.2 Å². The molecule has 5 rings (SSSR count). The highest BCUT2D eigenvalue weighted by Gasteiger charge is 2.51. The third-order valence-corrected chi connectivity index (χ3v) is 10.1. The maximum absolute atomic E-state index is 11.7. The summed E-state index contributed by atoms with van der Waals surface area (Å²) in [5.74, 6) is 1.22. The molecule has 0 amide bonds. The maximum Gasteiger partial charge on any atom is 0.231 e. The summed E-state index contributed by atoms with van der Waals surface area (Å²) in [7, 11) is -3.19. The highest BCUT2D eigenvalue weighted by atomic mass is 127. The molecule has 0 aromatic heterocycles. The van der Waals surface area contributed by atoms with Crippen LogP contribution in [0.25, 0.3) is 0 Å². The van der Waals surface area contributed by atoms with Crippen molar-refractivity contribution in [3.05, 3.63) is 59.2 Å². The number of halogens is 1. The SMILES string of the molecule is C[C@@]12CCN(CC3CC3)[C@H](Cc3ccc(O)cc31)[C@H]2NCCc1ccc(S(=O)(=O)I)cc1. The zero-order valence-corrected chi connectivity index (χ0v) is 21.4. The molecule has 32 heavy (non-hydrogen) atoms. The Hall–Kier alpha value is -1.16. The fourth-order valence-electron chi connectivity index (χ4n) is 5.79. The van der Waals surface area contributed by atoms with Gasteiger partial charge in [0.1, 0.15) is 5.75 Å². The molecule has 2 aromatic carbocycles. The van der Waals surface area contributed by atoms with E-state index in [-0.39, 0.29) is 5.41 Å². The van der Waals surface area contributed by atoms with Gasteiger partial charge in [-0.2, -0.15) is 0 Å². The highest BCUT2D eigenvalue weighted by Crippen LogP contribution is 2.47. The predicted octanol–water partition coefficient (Wildman–Crippen LogP) is 4.01. The van der Waals surface area contributed by atoms with Gasteiger partial charge in [-0.05, 0) is 92.1 Å². The summed E-state index contributed by atoms with van der Waals surface area (Å²) in [4.78, 5) is 3.07. The summed E-state index contributed by atoms with van der Waals surface area (Å²) < 4.78 is 23.4. The van der Waals surface area contributed by atoms with Gasteiger partial charge in [0.25, 0.3) is 0 Å². The van der Waals surface area contributed by atoms with E-state index in [4.69, 9.17) is 0 Å². The first-order valence-electron chi connectivity index (χ1n) is 11.6. The number of piperidine rings is 1. The van der Waals surface area contributed by atoms with Crippen LogP contribution in [-0.2, 0) is 25.3 Å². The Morgan fingerprint density at radius 2 is 1.94 bits per heavy atom. The zero-order chi connectivity index (χ0) is 22.5. The van der Waals surface area contributed by atoms with Crippen molar-refractivity contribution >= 4 is 28.2 Å². The van der Waals surface area contributed by atoms with Gasteiger partial charge in [0, 0.05) is 24.0 Å². The lowest BCUT2D eigenvalue weighted by molar-refractivity contribution is 0.0432. The first-order valence-corrected chi connectivity index (χ1v) is 15.6. The van der Waals surface area contributed by atoms with Crippen LogP contribution in [0.2, 0.25) is 0 Å². The van der Waals surface area contributed by atoms with E-state index in [9.17, 15) is 13.5 Å². The average Bonchev–Trinajstić information content (AvgIpc) is 3.56. The first kappa shape index (κ1) is 22.6. The number of benzene rings is 2. The van der Waals surface area contributed by atoms with Crippen LogP contribution < -0.4 is 5.32 Å². The van der Waals surface area contributed by atoms with Crippen LogP contribution in [-0.4, -0.2) is 50.1 Å². The number of phenols is 1. The van der Waals surface area contributed by atoms with Crippen molar-refractivity contribution in [1.82, 2.24) is 10.2 Å². The van der Waals surface area contributed by atoms with E-state index in [0.29, 0.717) is 22.7 Å². The third-order valence-electron chi connectivity index (χ3n) is 7.77. The molecule has 2 fully saturated rings. The van der Waals surface area contributed by atoms with E-state index in [1.165, 1.54) is 51.7 Å². The number of likely N-dealkylation sites (tertiary alicyclic amines) is 1. The zero-order valence-electron chi connectivity index (χ0n) is 18.4. The van der Waals surface area contributed by atoms with Crippen LogP contribution >= 0.6 is 21.2 Å². The smallest absolute Gasteiger partial charge is 0.231 e. The molecular weight excluding hydrogens is 535 g/mol. The second kappa shape index (κ2) is 8.56. The van der Waals surface area contributed by atoms with Gasteiger partial charge < -0.3 is 10.4 Å². The lowest BCUT2D eigenvalue weighted by Gasteiger charge is -2.56.